The van der Waals surface area contributed by atoms with E-state index in [1.165, 1.54) is 0 Å². The van der Waals surface area contributed by atoms with Crippen LogP contribution in [0.3, 0.4) is 0 Å². The van der Waals surface area contributed by atoms with Gasteiger partial charge in [-0.2, -0.15) is 0 Å². The van der Waals surface area contributed by atoms with Crippen LogP contribution in [0.25, 0.3) is 0 Å². The molecule has 0 saturated carbocycles. The average Bonchev–Trinajstić information content (AvgIpc) is 2.37. The molecule has 3 N–H and O–H groups in total. The number of urea groups is 1. The van der Waals surface area contributed by atoms with Crippen molar-refractivity contribution in [2.75, 3.05) is 18.5 Å². The summed E-state index contributed by atoms with van der Waals surface area (Å²) >= 11 is 5.90. The van der Waals surface area contributed by atoms with E-state index in [-0.39, 0.29) is 12.6 Å². The number of carbonyl (C=O) groups is 1. The van der Waals surface area contributed by atoms with Crippen LogP contribution in [0.4, 0.5) is 10.5 Å². The molecule has 0 heterocycles. The van der Waals surface area contributed by atoms with Crippen LogP contribution in [-0.2, 0) is 0 Å². The number of aliphatic hydroxyl groups is 1. The van der Waals surface area contributed by atoms with E-state index in [4.69, 9.17) is 21.4 Å². The van der Waals surface area contributed by atoms with Crippen molar-refractivity contribution in [3.8, 4) is 5.75 Å². The van der Waals surface area contributed by atoms with Crippen LogP contribution >= 0.6 is 11.6 Å². The van der Waals surface area contributed by atoms with Gasteiger partial charge in [0.05, 0.1) is 24.9 Å². The summed E-state index contributed by atoms with van der Waals surface area (Å²) in [5.74, 6) is 0.568. The van der Waals surface area contributed by atoms with Gasteiger partial charge in [-0.1, -0.05) is 18.5 Å². The highest BCUT2D eigenvalue weighted by molar-refractivity contribution is 6.31. The van der Waals surface area contributed by atoms with Gasteiger partial charge in [-0.3, -0.25) is 0 Å². The zero-order valence-corrected chi connectivity index (χ0v) is 11.8. The Kier molecular flexibility index (Phi) is 6.45. The number of carbonyl (C=O) groups excluding carboxylic acids is 1. The molecular formula is C13H19ClN2O3. The summed E-state index contributed by atoms with van der Waals surface area (Å²) in [6.07, 6.45) is 0.871. The molecule has 1 aromatic rings. The van der Waals surface area contributed by atoms with Gasteiger partial charge in [0.2, 0.25) is 0 Å². The molecule has 0 aromatic heterocycles. The highest BCUT2D eigenvalue weighted by Gasteiger charge is 2.10. The summed E-state index contributed by atoms with van der Waals surface area (Å²) in [6.45, 7) is 4.14. The third kappa shape index (κ3) is 5.36. The molecule has 1 aromatic carbocycles. The van der Waals surface area contributed by atoms with E-state index in [0.717, 1.165) is 6.42 Å². The zero-order valence-electron chi connectivity index (χ0n) is 11.1. The third-order valence-electron chi connectivity index (χ3n) is 2.30. The summed E-state index contributed by atoms with van der Waals surface area (Å²) in [5.41, 5.74) is 0.503. The molecular weight excluding hydrogens is 268 g/mol. The minimum Gasteiger partial charge on any atom is -0.491 e. The van der Waals surface area contributed by atoms with Gasteiger partial charge in [-0.05, 0) is 31.5 Å². The first kappa shape index (κ1) is 15.6. The monoisotopic (exact) mass is 286 g/mol. The number of hydrogen-bond donors (Lipinski definition) is 3. The minimum absolute atomic E-state index is 0.123. The van der Waals surface area contributed by atoms with Crippen molar-refractivity contribution >= 4 is 23.3 Å². The molecule has 0 aliphatic rings. The lowest BCUT2D eigenvalue weighted by molar-refractivity contribution is 0.229. The second-order valence-corrected chi connectivity index (χ2v) is 4.61. The molecule has 1 unspecified atom stereocenters. The van der Waals surface area contributed by atoms with Gasteiger partial charge in [0, 0.05) is 5.02 Å². The summed E-state index contributed by atoms with van der Waals surface area (Å²) in [5, 5.41) is 14.6. The second kappa shape index (κ2) is 7.86. The number of aliphatic hydroxyl groups excluding tert-OH is 1. The van der Waals surface area contributed by atoms with Gasteiger partial charge in [0.15, 0.2) is 0 Å². The highest BCUT2D eigenvalue weighted by atomic mass is 35.5. The summed E-state index contributed by atoms with van der Waals surface area (Å²) in [6, 6.07) is 4.30. The Bertz CT molecular complexity index is 426. The Morgan fingerprint density at radius 3 is 2.89 bits per heavy atom. The van der Waals surface area contributed by atoms with Crippen molar-refractivity contribution in [3.63, 3.8) is 0 Å². The Labute approximate surface area is 117 Å². The molecule has 0 spiro atoms. The molecule has 1 rings (SSSR count). The first-order valence-electron chi connectivity index (χ1n) is 6.17. The van der Waals surface area contributed by atoms with Gasteiger partial charge in [-0.15, -0.1) is 0 Å². The van der Waals surface area contributed by atoms with E-state index in [9.17, 15) is 4.79 Å². The van der Waals surface area contributed by atoms with Crippen LogP contribution in [0.2, 0.25) is 5.02 Å². The maximum absolute atomic E-state index is 11.7. The van der Waals surface area contributed by atoms with Crippen molar-refractivity contribution in [2.45, 2.75) is 26.3 Å². The van der Waals surface area contributed by atoms with Gasteiger partial charge in [0.1, 0.15) is 5.75 Å². The van der Waals surface area contributed by atoms with Gasteiger partial charge in [0.25, 0.3) is 0 Å². The number of anilines is 1. The maximum atomic E-state index is 11.7. The fourth-order valence-corrected chi connectivity index (χ4v) is 1.54. The summed E-state index contributed by atoms with van der Waals surface area (Å²) in [4.78, 5) is 11.7. The number of amides is 2. The Morgan fingerprint density at radius 1 is 1.53 bits per heavy atom. The topological polar surface area (TPSA) is 70.6 Å². The van der Waals surface area contributed by atoms with Gasteiger partial charge < -0.3 is 20.5 Å². The number of nitrogens with one attached hydrogen (secondary N) is 2. The quantitative estimate of drug-likeness (QED) is 0.753. The molecule has 0 aliphatic carbocycles. The first-order chi connectivity index (χ1) is 9.06. The molecule has 2 amide bonds. The van der Waals surface area contributed by atoms with E-state index >= 15 is 0 Å². The molecule has 0 fully saturated rings. The molecule has 6 heteroatoms. The molecule has 0 radical (unpaired) electrons. The lowest BCUT2D eigenvalue weighted by atomic mass is 10.3. The van der Waals surface area contributed by atoms with Crippen molar-refractivity contribution in [1.29, 1.82) is 0 Å². The number of halogens is 1. The number of hydrogen-bond acceptors (Lipinski definition) is 3. The largest absolute Gasteiger partial charge is 0.491 e. The normalized spacial score (nSPS) is 11.8. The summed E-state index contributed by atoms with van der Waals surface area (Å²) in [7, 11) is 0. The first-order valence-corrected chi connectivity index (χ1v) is 6.55. The smallest absolute Gasteiger partial charge is 0.319 e. The van der Waals surface area contributed by atoms with Crippen LogP contribution < -0.4 is 15.4 Å². The molecule has 0 bridgehead atoms. The predicted molar refractivity (Wildman–Crippen MR) is 75.9 cm³/mol. The molecule has 0 saturated heterocycles. The van der Waals surface area contributed by atoms with E-state index < -0.39 is 6.03 Å². The number of rotatable bonds is 6. The molecule has 1 atom stereocenters. The lowest BCUT2D eigenvalue weighted by Crippen LogP contribution is -2.38. The van der Waals surface area contributed by atoms with E-state index in [1.807, 2.05) is 6.92 Å². The van der Waals surface area contributed by atoms with E-state index in [0.29, 0.717) is 23.1 Å². The van der Waals surface area contributed by atoms with Gasteiger partial charge in [-0.25, -0.2) is 4.79 Å². The van der Waals surface area contributed by atoms with Crippen LogP contribution in [0.15, 0.2) is 18.2 Å². The van der Waals surface area contributed by atoms with Crippen molar-refractivity contribution < 1.29 is 14.6 Å². The van der Waals surface area contributed by atoms with E-state index in [1.54, 1.807) is 25.1 Å². The van der Waals surface area contributed by atoms with Crippen molar-refractivity contribution in [3.05, 3.63) is 23.2 Å². The maximum Gasteiger partial charge on any atom is 0.319 e. The lowest BCUT2D eigenvalue weighted by Gasteiger charge is -2.15. The fourth-order valence-electron chi connectivity index (χ4n) is 1.37. The Morgan fingerprint density at radius 2 is 2.26 bits per heavy atom. The average molecular weight is 287 g/mol. The molecule has 0 aliphatic heterocycles. The molecule has 5 nitrogen and oxygen atoms in total. The fraction of sp³-hybridized carbons (Fsp3) is 0.462. The zero-order chi connectivity index (χ0) is 14.3. The van der Waals surface area contributed by atoms with Crippen LogP contribution in [0, 0.1) is 0 Å². The van der Waals surface area contributed by atoms with Crippen LogP contribution in [0.1, 0.15) is 20.3 Å². The SMILES string of the molecule is CCCOc1ccc(Cl)cc1NC(=O)NC(C)CO. The second-order valence-electron chi connectivity index (χ2n) is 4.17. The van der Waals surface area contributed by atoms with E-state index in [2.05, 4.69) is 10.6 Å². The van der Waals surface area contributed by atoms with Gasteiger partial charge >= 0.3 is 6.03 Å². The Hall–Kier alpha value is -1.46. The summed E-state index contributed by atoms with van der Waals surface area (Å²) < 4.78 is 5.52. The number of ether oxygens (including phenoxy) is 1. The standard InChI is InChI=1S/C13H19ClN2O3/c1-3-6-19-12-5-4-10(14)7-11(12)16-13(18)15-9(2)8-17/h4-5,7,9,17H,3,6,8H2,1-2H3,(H2,15,16,18). The Balaban J connectivity index is 2.74. The van der Waals surface area contributed by atoms with Crippen molar-refractivity contribution in [2.24, 2.45) is 0 Å². The van der Waals surface area contributed by atoms with Crippen LogP contribution in [-0.4, -0.2) is 30.4 Å². The van der Waals surface area contributed by atoms with Crippen LogP contribution in [0.5, 0.6) is 5.75 Å². The third-order valence-corrected chi connectivity index (χ3v) is 2.54. The van der Waals surface area contributed by atoms with Crippen molar-refractivity contribution in [1.82, 2.24) is 5.32 Å². The number of benzene rings is 1. The highest BCUT2D eigenvalue weighted by Crippen LogP contribution is 2.28. The molecule has 19 heavy (non-hydrogen) atoms. The minimum atomic E-state index is -0.412. The molecule has 106 valence electrons. The predicted octanol–water partition coefficient (Wildman–Crippen LogP) is 2.63.